The second-order valence-electron chi connectivity index (χ2n) is 5.28. The summed E-state index contributed by atoms with van der Waals surface area (Å²) in [7, 11) is 0. The average Bonchev–Trinajstić information content (AvgIpc) is 3.24. The standard InChI is InChI=1S/C18H12Cl2N4O/c19-13-5-3-4-12(17(13)20)16-9-8-11(25-16)10-21-24-18-22-14-6-1-2-7-15(14)23-18/h1-10H,(H2,22,23,24)/b21-10-. The van der Waals surface area contributed by atoms with Gasteiger partial charge >= 0.3 is 0 Å². The van der Waals surface area contributed by atoms with E-state index in [2.05, 4.69) is 20.5 Å². The van der Waals surface area contributed by atoms with E-state index in [1.165, 1.54) is 0 Å². The largest absolute Gasteiger partial charge is 0.455 e. The quantitative estimate of drug-likeness (QED) is 0.364. The van der Waals surface area contributed by atoms with E-state index in [1.807, 2.05) is 42.5 Å². The predicted molar refractivity (Wildman–Crippen MR) is 101 cm³/mol. The Hall–Kier alpha value is -2.76. The molecule has 0 atom stereocenters. The summed E-state index contributed by atoms with van der Waals surface area (Å²) in [5.41, 5.74) is 5.40. The fraction of sp³-hybridized carbons (Fsp3) is 0. The number of H-pyrrole nitrogens is 1. The lowest BCUT2D eigenvalue weighted by atomic mass is 10.2. The van der Waals surface area contributed by atoms with E-state index in [0.29, 0.717) is 27.5 Å². The molecule has 7 heteroatoms. The lowest BCUT2D eigenvalue weighted by Crippen LogP contribution is -1.91. The lowest BCUT2D eigenvalue weighted by Gasteiger charge is -2.01. The molecule has 0 fully saturated rings. The predicted octanol–water partition coefficient (Wildman–Crippen LogP) is 5.58. The van der Waals surface area contributed by atoms with E-state index < -0.39 is 0 Å². The molecular weight excluding hydrogens is 359 g/mol. The van der Waals surface area contributed by atoms with E-state index in [4.69, 9.17) is 27.6 Å². The van der Waals surface area contributed by atoms with Gasteiger partial charge in [-0.3, -0.25) is 0 Å². The van der Waals surface area contributed by atoms with Crippen molar-refractivity contribution in [2.45, 2.75) is 0 Å². The van der Waals surface area contributed by atoms with Crippen molar-refractivity contribution in [2.75, 3.05) is 5.43 Å². The van der Waals surface area contributed by atoms with Crippen LogP contribution in [-0.4, -0.2) is 16.2 Å². The van der Waals surface area contributed by atoms with Crippen LogP contribution in [0.5, 0.6) is 0 Å². The van der Waals surface area contributed by atoms with Crippen LogP contribution in [0.4, 0.5) is 5.95 Å². The smallest absolute Gasteiger partial charge is 0.222 e. The summed E-state index contributed by atoms with van der Waals surface area (Å²) in [4.78, 5) is 7.50. The van der Waals surface area contributed by atoms with E-state index in [0.717, 1.165) is 16.6 Å². The number of para-hydroxylation sites is 2. The van der Waals surface area contributed by atoms with Crippen molar-refractivity contribution in [1.29, 1.82) is 0 Å². The van der Waals surface area contributed by atoms with E-state index in [9.17, 15) is 0 Å². The molecule has 25 heavy (non-hydrogen) atoms. The molecule has 0 unspecified atom stereocenters. The van der Waals surface area contributed by atoms with E-state index >= 15 is 0 Å². The van der Waals surface area contributed by atoms with Crippen LogP contribution in [-0.2, 0) is 0 Å². The van der Waals surface area contributed by atoms with Gasteiger partial charge in [-0.2, -0.15) is 5.10 Å². The molecule has 0 bridgehead atoms. The van der Waals surface area contributed by atoms with Crippen LogP contribution in [0.3, 0.4) is 0 Å². The maximum atomic E-state index is 6.21. The third-order valence-electron chi connectivity index (χ3n) is 3.60. The number of halogens is 2. The number of aromatic amines is 1. The summed E-state index contributed by atoms with van der Waals surface area (Å²) < 4.78 is 5.74. The van der Waals surface area contributed by atoms with Crippen molar-refractivity contribution in [3.05, 3.63) is 70.4 Å². The molecule has 0 amide bonds. The van der Waals surface area contributed by atoms with Gasteiger partial charge in [-0.05, 0) is 36.4 Å². The summed E-state index contributed by atoms with van der Waals surface area (Å²) in [6.07, 6.45) is 1.56. The van der Waals surface area contributed by atoms with Crippen LogP contribution in [0, 0.1) is 0 Å². The molecule has 5 nitrogen and oxygen atoms in total. The Morgan fingerprint density at radius 3 is 2.80 bits per heavy atom. The number of fused-ring (bicyclic) bond motifs is 1. The number of rotatable bonds is 4. The molecule has 4 aromatic rings. The zero-order valence-corrected chi connectivity index (χ0v) is 14.3. The number of imidazole rings is 1. The Balaban J connectivity index is 1.50. The zero-order chi connectivity index (χ0) is 17.2. The van der Waals surface area contributed by atoms with Gasteiger partial charge in [0.15, 0.2) is 0 Å². The number of hydrazone groups is 1. The van der Waals surface area contributed by atoms with Crippen molar-refractivity contribution in [1.82, 2.24) is 9.97 Å². The third kappa shape index (κ3) is 3.24. The van der Waals surface area contributed by atoms with Gasteiger partial charge in [0.2, 0.25) is 5.95 Å². The van der Waals surface area contributed by atoms with Crippen LogP contribution in [0.15, 0.2) is 64.1 Å². The Kier molecular flexibility index (Phi) is 4.17. The van der Waals surface area contributed by atoms with Crippen LogP contribution < -0.4 is 5.43 Å². The fourth-order valence-corrected chi connectivity index (χ4v) is 2.82. The molecule has 0 aliphatic carbocycles. The van der Waals surface area contributed by atoms with Crippen molar-refractivity contribution in [2.24, 2.45) is 5.10 Å². The molecule has 4 rings (SSSR count). The number of nitrogens with zero attached hydrogens (tertiary/aromatic N) is 2. The minimum Gasteiger partial charge on any atom is -0.455 e. The van der Waals surface area contributed by atoms with Crippen molar-refractivity contribution in [3.8, 4) is 11.3 Å². The molecule has 0 aliphatic rings. The van der Waals surface area contributed by atoms with Crippen LogP contribution in [0.2, 0.25) is 10.0 Å². The van der Waals surface area contributed by atoms with E-state index in [1.54, 1.807) is 18.3 Å². The van der Waals surface area contributed by atoms with E-state index in [-0.39, 0.29) is 0 Å². The van der Waals surface area contributed by atoms with Crippen LogP contribution in [0.1, 0.15) is 5.76 Å². The van der Waals surface area contributed by atoms with Gasteiger partial charge in [-0.15, -0.1) is 0 Å². The first-order valence-corrected chi connectivity index (χ1v) is 8.24. The number of furan rings is 1. The molecule has 0 aliphatic heterocycles. The fourth-order valence-electron chi connectivity index (χ4n) is 2.42. The minimum atomic E-state index is 0.461. The molecule has 0 radical (unpaired) electrons. The van der Waals surface area contributed by atoms with Gasteiger partial charge < -0.3 is 9.40 Å². The number of hydrogen-bond acceptors (Lipinski definition) is 4. The average molecular weight is 371 g/mol. The van der Waals surface area contributed by atoms with Crippen molar-refractivity contribution >= 4 is 46.4 Å². The van der Waals surface area contributed by atoms with Gasteiger partial charge in [0, 0.05) is 5.56 Å². The molecule has 0 saturated carbocycles. The topological polar surface area (TPSA) is 66.2 Å². The van der Waals surface area contributed by atoms with Crippen molar-refractivity contribution < 1.29 is 4.42 Å². The summed E-state index contributed by atoms with van der Waals surface area (Å²) in [5.74, 6) is 1.76. The number of anilines is 1. The van der Waals surface area contributed by atoms with Gasteiger partial charge in [0.1, 0.15) is 11.5 Å². The molecule has 2 aromatic carbocycles. The molecule has 124 valence electrons. The number of nitrogens with one attached hydrogen (secondary N) is 2. The molecular formula is C18H12Cl2N4O. The third-order valence-corrected chi connectivity index (χ3v) is 4.41. The minimum absolute atomic E-state index is 0.461. The highest BCUT2D eigenvalue weighted by atomic mass is 35.5. The number of hydrogen-bond donors (Lipinski definition) is 2. The summed E-state index contributed by atoms with van der Waals surface area (Å²) in [6, 6.07) is 16.8. The first-order valence-electron chi connectivity index (χ1n) is 7.49. The normalized spacial score (nSPS) is 11.4. The number of benzene rings is 2. The van der Waals surface area contributed by atoms with Gasteiger partial charge in [-0.1, -0.05) is 41.4 Å². The van der Waals surface area contributed by atoms with Gasteiger partial charge in [0.05, 0.1) is 27.3 Å². The van der Waals surface area contributed by atoms with Crippen LogP contribution >= 0.6 is 23.2 Å². The van der Waals surface area contributed by atoms with Crippen LogP contribution in [0.25, 0.3) is 22.4 Å². The maximum Gasteiger partial charge on any atom is 0.222 e. The summed E-state index contributed by atoms with van der Waals surface area (Å²) >= 11 is 12.2. The maximum absolute atomic E-state index is 6.21. The highest BCUT2D eigenvalue weighted by Gasteiger charge is 2.10. The monoisotopic (exact) mass is 370 g/mol. The molecule has 2 N–H and O–H groups in total. The second-order valence-corrected chi connectivity index (χ2v) is 6.06. The first-order chi connectivity index (χ1) is 12.2. The lowest BCUT2D eigenvalue weighted by molar-refractivity contribution is 0.575. The molecule has 0 spiro atoms. The molecule has 0 saturated heterocycles. The summed E-state index contributed by atoms with van der Waals surface area (Å²) in [6.45, 7) is 0. The SMILES string of the molecule is Clc1cccc(-c2ccc(/C=N\Nc3nc4ccccc4[nH]3)o2)c1Cl. The number of aromatic nitrogens is 2. The van der Waals surface area contributed by atoms with Gasteiger partial charge in [0.25, 0.3) is 0 Å². The Morgan fingerprint density at radius 2 is 1.92 bits per heavy atom. The Labute approximate surface area is 153 Å². The Morgan fingerprint density at radius 1 is 1.04 bits per heavy atom. The highest BCUT2D eigenvalue weighted by Crippen LogP contribution is 2.34. The summed E-state index contributed by atoms with van der Waals surface area (Å²) in [5, 5.41) is 5.08. The molecule has 2 aromatic heterocycles. The van der Waals surface area contributed by atoms with Gasteiger partial charge in [-0.25, -0.2) is 10.4 Å². The Bertz CT molecular complexity index is 1030. The van der Waals surface area contributed by atoms with Crippen molar-refractivity contribution in [3.63, 3.8) is 0 Å². The second kappa shape index (κ2) is 6.63. The molecule has 2 heterocycles. The zero-order valence-electron chi connectivity index (χ0n) is 12.8. The first kappa shape index (κ1) is 15.7. The highest BCUT2D eigenvalue weighted by molar-refractivity contribution is 6.43.